The van der Waals surface area contributed by atoms with Crippen LogP contribution in [-0.2, 0) is 0 Å². The van der Waals surface area contributed by atoms with Gasteiger partial charge in [0.05, 0.1) is 36.1 Å². The van der Waals surface area contributed by atoms with Crippen molar-refractivity contribution in [2.45, 2.75) is 32.9 Å². The summed E-state index contributed by atoms with van der Waals surface area (Å²) in [4.78, 5) is 18.5. The first-order valence-electron chi connectivity index (χ1n) is 12.0. The van der Waals surface area contributed by atoms with Crippen molar-refractivity contribution in [1.29, 1.82) is 0 Å². The Morgan fingerprint density at radius 3 is 2.49 bits per heavy atom. The van der Waals surface area contributed by atoms with Gasteiger partial charge in [0.2, 0.25) is 0 Å². The van der Waals surface area contributed by atoms with Gasteiger partial charge in [0.15, 0.2) is 5.11 Å². The van der Waals surface area contributed by atoms with Gasteiger partial charge in [-0.05, 0) is 86.6 Å². The minimum Gasteiger partial charge on any atom is -0.495 e. The SMILES string of the molecule is COc1ccccc1N1C(=S)NC(c2ccccn2)C1c1cc(C)n(-c2cc(C(=O)O)ccc2C)c1C. The summed E-state index contributed by atoms with van der Waals surface area (Å²) in [6.07, 6.45) is 1.78. The van der Waals surface area contributed by atoms with Crippen LogP contribution in [0, 0.1) is 20.8 Å². The van der Waals surface area contributed by atoms with Gasteiger partial charge in [-0.15, -0.1) is 0 Å². The van der Waals surface area contributed by atoms with Gasteiger partial charge in [-0.25, -0.2) is 4.79 Å². The zero-order valence-corrected chi connectivity index (χ0v) is 21.9. The summed E-state index contributed by atoms with van der Waals surface area (Å²) in [7, 11) is 1.65. The van der Waals surface area contributed by atoms with Crippen LogP contribution in [0.2, 0.25) is 0 Å². The number of aromatic carboxylic acids is 1. The van der Waals surface area contributed by atoms with E-state index in [0.29, 0.717) is 5.11 Å². The summed E-state index contributed by atoms with van der Waals surface area (Å²) in [6, 6.07) is 20.6. The van der Waals surface area contributed by atoms with E-state index in [9.17, 15) is 9.90 Å². The molecule has 1 aliphatic rings. The summed E-state index contributed by atoms with van der Waals surface area (Å²) in [5, 5.41) is 13.7. The van der Waals surface area contributed by atoms with Crippen molar-refractivity contribution in [3.63, 3.8) is 0 Å². The molecular weight excluding hydrogens is 484 g/mol. The van der Waals surface area contributed by atoms with Crippen LogP contribution in [0.15, 0.2) is 72.9 Å². The Hall–Kier alpha value is -4.17. The predicted octanol–water partition coefficient (Wildman–Crippen LogP) is 5.68. The molecule has 2 aromatic heterocycles. The number of anilines is 1. The largest absolute Gasteiger partial charge is 0.495 e. The summed E-state index contributed by atoms with van der Waals surface area (Å²) >= 11 is 5.89. The van der Waals surface area contributed by atoms with E-state index in [1.807, 2.05) is 62.4 Å². The third-order valence-electron chi connectivity index (χ3n) is 6.93. The van der Waals surface area contributed by atoms with Crippen molar-refractivity contribution >= 4 is 29.0 Å². The molecule has 0 spiro atoms. The van der Waals surface area contributed by atoms with E-state index in [1.165, 1.54) is 0 Å². The molecule has 2 aromatic carbocycles. The van der Waals surface area contributed by atoms with Gasteiger partial charge in [-0.2, -0.15) is 0 Å². The fourth-order valence-electron chi connectivity index (χ4n) is 5.20. The van der Waals surface area contributed by atoms with Crippen LogP contribution >= 0.6 is 12.2 Å². The van der Waals surface area contributed by atoms with E-state index >= 15 is 0 Å². The minimum absolute atomic E-state index is 0.209. The Morgan fingerprint density at radius 2 is 1.78 bits per heavy atom. The van der Waals surface area contributed by atoms with Crippen molar-refractivity contribution in [1.82, 2.24) is 14.9 Å². The summed E-state index contributed by atoms with van der Waals surface area (Å²) in [5.41, 5.74) is 6.87. The van der Waals surface area contributed by atoms with Crippen molar-refractivity contribution in [3.8, 4) is 11.4 Å². The molecule has 2 atom stereocenters. The molecular formula is C29H28N4O3S. The molecule has 2 unspecified atom stereocenters. The number of aryl methyl sites for hydroxylation is 2. The minimum atomic E-state index is -0.952. The third-order valence-corrected chi connectivity index (χ3v) is 7.24. The summed E-state index contributed by atoms with van der Waals surface area (Å²) in [6.45, 7) is 6.09. The highest BCUT2D eigenvalue weighted by Crippen LogP contribution is 2.46. The molecule has 3 heterocycles. The van der Waals surface area contributed by atoms with Gasteiger partial charge in [-0.1, -0.05) is 24.3 Å². The smallest absolute Gasteiger partial charge is 0.335 e. The van der Waals surface area contributed by atoms with Crippen LogP contribution in [-0.4, -0.2) is 32.8 Å². The Balaban J connectivity index is 1.72. The highest BCUT2D eigenvalue weighted by molar-refractivity contribution is 7.80. The lowest BCUT2D eigenvalue weighted by molar-refractivity contribution is 0.0697. The maximum atomic E-state index is 11.7. The van der Waals surface area contributed by atoms with E-state index in [4.69, 9.17) is 17.0 Å². The Kier molecular flexibility index (Phi) is 6.43. The highest BCUT2D eigenvalue weighted by Gasteiger charge is 2.43. The lowest BCUT2D eigenvalue weighted by Crippen LogP contribution is -2.30. The number of benzene rings is 2. The number of aromatic nitrogens is 2. The summed E-state index contributed by atoms with van der Waals surface area (Å²) < 4.78 is 7.82. The van der Waals surface area contributed by atoms with E-state index in [2.05, 4.69) is 32.8 Å². The average molecular weight is 513 g/mol. The molecule has 0 aliphatic carbocycles. The van der Waals surface area contributed by atoms with Crippen LogP contribution < -0.4 is 15.0 Å². The predicted molar refractivity (Wildman–Crippen MR) is 148 cm³/mol. The van der Waals surface area contributed by atoms with Gasteiger partial charge in [-0.3, -0.25) is 4.98 Å². The number of nitrogens with zero attached hydrogens (tertiary/aromatic N) is 3. The second-order valence-electron chi connectivity index (χ2n) is 9.14. The number of hydrogen-bond acceptors (Lipinski definition) is 4. The van der Waals surface area contributed by atoms with Gasteiger partial charge < -0.3 is 24.6 Å². The number of rotatable bonds is 6. The van der Waals surface area contributed by atoms with E-state index in [0.717, 1.165) is 45.3 Å². The molecule has 0 amide bonds. The summed E-state index contributed by atoms with van der Waals surface area (Å²) in [5.74, 6) is -0.232. The third kappa shape index (κ3) is 4.23. The molecule has 8 heteroatoms. The number of thiocarbonyl (C=S) groups is 1. The van der Waals surface area contributed by atoms with Crippen LogP contribution in [0.3, 0.4) is 0 Å². The second kappa shape index (κ2) is 9.71. The molecule has 2 N–H and O–H groups in total. The number of carboxylic acids is 1. The number of hydrogen-bond donors (Lipinski definition) is 2. The second-order valence-corrected chi connectivity index (χ2v) is 9.52. The van der Waals surface area contributed by atoms with Crippen LogP contribution in [0.5, 0.6) is 5.75 Å². The van der Waals surface area contributed by atoms with Crippen molar-refractivity contribution < 1.29 is 14.6 Å². The number of ether oxygens (including phenoxy) is 1. The van der Waals surface area contributed by atoms with Crippen molar-refractivity contribution in [2.24, 2.45) is 0 Å². The van der Waals surface area contributed by atoms with Gasteiger partial charge in [0.1, 0.15) is 5.75 Å². The number of pyridine rings is 1. The number of para-hydroxylation sites is 2. The molecule has 0 radical (unpaired) electrons. The lowest BCUT2D eigenvalue weighted by atomic mass is 9.96. The van der Waals surface area contributed by atoms with E-state index < -0.39 is 5.97 Å². The van der Waals surface area contributed by atoms with Crippen LogP contribution in [0.25, 0.3) is 5.69 Å². The monoisotopic (exact) mass is 512 g/mol. The average Bonchev–Trinajstić information content (AvgIpc) is 3.39. The standard InChI is InChI=1S/C29H28N4O3S/c1-17-12-13-20(28(34)35)16-24(17)32-18(2)15-21(19(32)3)27-26(22-9-7-8-14-30-22)31-29(37)33(27)23-10-5-6-11-25(23)36-4/h5-16,26-27H,1-4H3,(H,31,37)(H,34,35). The van der Waals surface area contributed by atoms with Crippen LogP contribution in [0.4, 0.5) is 5.69 Å². The topological polar surface area (TPSA) is 79.6 Å². The van der Waals surface area contributed by atoms with Crippen LogP contribution in [0.1, 0.15) is 50.7 Å². The fraction of sp³-hybridized carbons (Fsp3) is 0.207. The quantitative estimate of drug-likeness (QED) is 0.322. The number of carbonyl (C=O) groups is 1. The maximum Gasteiger partial charge on any atom is 0.335 e. The van der Waals surface area contributed by atoms with E-state index in [-0.39, 0.29) is 17.6 Å². The molecule has 5 rings (SSSR count). The molecule has 1 saturated heterocycles. The molecule has 1 aliphatic heterocycles. The first kappa shape index (κ1) is 24.5. The molecule has 0 bridgehead atoms. The number of methoxy groups -OCH3 is 1. The molecule has 4 aromatic rings. The Morgan fingerprint density at radius 1 is 1.03 bits per heavy atom. The number of carboxylic acid groups (broad SMARTS) is 1. The first-order valence-corrected chi connectivity index (χ1v) is 12.4. The molecule has 0 saturated carbocycles. The van der Waals surface area contributed by atoms with Gasteiger partial charge in [0, 0.05) is 23.3 Å². The molecule has 188 valence electrons. The molecule has 37 heavy (non-hydrogen) atoms. The zero-order valence-electron chi connectivity index (χ0n) is 21.1. The first-order chi connectivity index (χ1) is 17.8. The van der Waals surface area contributed by atoms with Gasteiger partial charge >= 0.3 is 5.97 Å². The zero-order chi connectivity index (χ0) is 26.3. The van der Waals surface area contributed by atoms with Crippen molar-refractivity contribution in [3.05, 3.63) is 107 Å². The highest BCUT2D eigenvalue weighted by atomic mass is 32.1. The molecule has 1 fully saturated rings. The normalized spacial score (nSPS) is 17.1. The van der Waals surface area contributed by atoms with Gasteiger partial charge in [0.25, 0.3) is 0 Å². The van der Waals surface area contributed by atoms with E-state index in [1.54, 1.807) is 25.4 Å². The maximum absolute atomic E-state index is 11.7. The number of nitrogens with one attached hydrogen (secondary N) is 1. The fourth-order valence-corrected chi connectivity index (χ4v) is 5.54. The lowest BCUT2D eigenvalue weighted by Gasteiger charge is -2.29. The Labute approximate surface area is 221 Å². The Bertz CT molecular complexity index is 1500. The molecule has 7 nitrogen and oxygen atoms in total. The van der Waals surface area contributed by atoms with Crippen molar-refractivity contribution in [2.75, 3.05) is 12.0 Å².